The molecule has 0 atom stereocenters. The molecule has 7 heteroatoms. The number of nitrogens with one attached hydrogen (secondary N) is 3. The molecular weight excluding hydrogens is 372 g/mol. The number of anilines is 3. The molecule has 28 heavy (non-hydrogen) atoms. The van der Waals surface area contributed by atoms with Crippen molar-refractivity contribution in [1.82, 2.24) is 5.32 Å². The summed E-state index contributed by atoms with van der Waals surface area (Å²) in [7, 11) is 1.99. The van der Waals surface area contributed by atoms with Crippen molar-refractivity contribution in [2.75, 3.05) is 35.7 Å². The first-order valence-electron chi connectivity index (χ1n) is 8.89. The number of amides is 3. The zero-order valence-corrected chi connectivity index (χ0v) is 16.3. The highest BCUT2D eigenvalue weighted by Crippen LogP contribution is 2.22. The van der Waals surface area contributed by atoms with Crippen LogP contribution in [0.15, 0.2) is 72.8 Å². The average Bonchev–Trinajstić information content (AvgIpc) is 3.17. The lowest BCUT2D eigenvalue weighted by molar-refractivity contribution is 0.0958. The summed E-state index contributed by atoms with van der Waals surface area (Å²) in [4.78, 5) is 27.0. The Kier molecular flexibility index (Phi) is 6.64. The number of rotatable bonds is 7. The first-order chi connectivity index (χ1) is 13.6. The van der Waals surface area contributed by atoms with Gasteiger partial charge in [-0.3, -0.25) is 10.1 Å². The maximum Gasteiger partial charge on any atom is 0.324 e. The topological polar surface area (TPSA) is 73.5 Å². The number of benzene rings is 2. The highest BCUT2D eigenvalue weighted by Gasteiger charge is 2.11. The monoisotopic (exact) mass is 394 g/mol. The van der Waals surface area contributed by atoms with Crippen LogP contribution in [0.25, 0.3) is 0 Å². The van der Waals surface area contributed by atoms with Crippen LogP contribution in [0.2, 0.25) is 0 Å². The van der Waals surface area contributed by atoms with E-state index in [4.69, 9.17) is 0 Å². The zero-order valence-electron chi connectivity index (χ0n) is 15.5. The second kappa shape index (κ2) is 9.57. The van der Waals surface area contributed by atoms with Crippen LogP contribution in [0.1, 0.15) is 9.67 Å². The molecule has 0 aliphatic heterocycles. The molecule has 3 rings (SSSR count). The standard InChI is InChI=1S/C21H22N4O2S/c1-25(17-10-6-3-7-11-17)15-14-22-20(26)18-12-13-19(28-18)24-21(27)23-16-8-4-2-5-9-16/h2-13H,14-15H2,1H3,(H,22,26)(H2,23,24,27). The number of urea groups is 1. The van der Waals surface area contributed by atoms with Gasteiger partial charge in [0.05, 0.1) is 9.88 Å². The Morgan fingerprint density at radius 3 is 2.29 bits per heavy atom. The van der Waals surface area contributed by atoms with Crippen molar-refractivity contribution in [3.8, 4) is 0 Å². The molecule has 6 nitrogen and oxygen atoms in total. The summed E-state index contributed by atoms with van der Waals surface area (Å²) in [5, 5.41) is 9.00. The van der Waals surface area contributed by atoms with E-state index >= 15 is 0 Å². The SMILES string of the molecule is CN(CCNC(=O)c1ccc(NC(=O)Nc2ccccc2)s1)c1ccccc1. The number of hydrogen-bond donors (Lipinski definition) is 3. The lowest BCUT2D eigenvalue weighted by Crippen LogP contribution is -2.32. The van der Waals surface area contributed by atoms with Crippen LogP contribution in [-0.2, 0) is 0 Å². The summed E-state index contributed by atoms with van der Waals surface area (Å²) < 4.78 is 0. The summed E-state index contributed by atoms with van der Waals surface area (Å²) in [5.41, 5.74) is 1.81. The molecule has 0 bridgehead atoms. The van der Waals surface area contributed by atoms with E-state index in [1.165, 1.54) is 11.3 Å². The van der Waals surface area contributed by atoms with Gasteiger partial charge in [0.15, 0.2) is 0 Å². The molecule has 2 aromatic carbocycles. The second-order valence-corrected chi connectivity index (χ2v) is 7.21. The summed E-state index contributed by atoms with van der Waals surface area (Å²) >= 11 is 1.24. The van der Waals surface area contributed by atoms with Gasteiger partial charge in [0.25, 0.3) is 5.91 Å². The van der Waals surface area contributed by atoms with Crippen molar-refractivity contribution in [3.05, 3.63) is 77.7 Å². The zero-order chi connectivity index (χ0) is 19.8. The third-order valence-electron chi connectivity index (χ3n) is 4.03. The first-order valence-corrected chi connectivity index (χ1v) is 9.71. The van der Waals surface area contributed by atoms with Crippen LogP contribution in [-0.4, -0.2) is 32.1 Å². The minimum atomic E-state index is -0.343. The van der Waals surface area contributed by atoms with E-state index in [-0.39, 0.29) is 11.9 Å². The lowest BCUT2D eigenvalue weighted by Gasteiger charge is -2.19. The molecular formula is C21H22N4O2S. The van der Waals surface area contributed by atoms with Crippen LogP contribution >= 0.6 is 11.3 Å². The lowest BCUT2D eigenvalue weighted by atomic mass is 10.3. The molecule has 0 aliphatic carbocycles. The smallest absolute Gasteiger partial charge is 0.324 e. The van der Waals surface area contributed by atoms with Crippen molar-refractivity contribution in [2.45, 2.75) is 0 Å². The summed E-state index contributed by atoms with van der Waals surface area (Å²) in [6.45, 7) is 1.23. The Morgan fingerprint density at radius 1 is 0.893 bits per heavy atom. The number of likely N-dealkylation sites (N-methyl/N-ethyl adjacent to an activating group) is 1. The molecule has 0 radical (unpaired) electrons. The van der Waals surface area contributed by atoms with Crippen LogP contribution < -0.4 is 20.9 Å². The molecule has 0 saturated carbocycles. The van der Waals surface area contributed by atoms with Gasteiger partial charge in [-0.15, -0.1) is 11.3 Å². The summed E-state index contributed by atoms with van der Waals surface area (Å²) in [6.07, 6.45) is 0. The molecule has 3 aromatic rings. The van der Waals surface area contributed by atoms with E-state index in [2.05, 4.69) is 20.9 Å². The highest BCUT2D eigenvalue weighted by molar-refractivity contribution is 7.18. The first kappa shape index (κ1) is 19.4. The second-order valence-electron chi connectivity index (χ2n) is 6.12. The highest BCUT2D eigenvalue weighted by atomic mass is 32.1. The predicted octanol–water partition coefficient (Wildman–Crippen LogP) is 4.26. The third-order valence-corrected chi connectivity index (χ3v) is 5.03. The predicted molar refractivity (Wildman–Crippen MR) is 115 cm³/mol. The molecule has 0 spiro atoms. The van der Waals surface area contributed by atoms with E-state index in [1.54, 1.807) is 24.3 Å². The number of para-hydroxylation sites is 2. The minimum Gasteiger partial charge on any atom is -0.373 e. The van der Waals surface area contributed by atoms with Gasteiger partial charge in [0, 0.05) is 31.5 Å². The van der Waals surface area contributed by atoms with Crippen molar-refractivity contribution in [2.24, 2.45) is 0 Å². The van der Waals surface area contributed by atoms with Gasteiger partial charge < -0.3 is 15.5 Å². The average molecular weight is 395 g/mol. The van der Waals surface area contributed by atoms with E-state index in [9.17, 15) is 9.59 Å². The Hall–Kier alpha value is -3.32. The number of thiophene rings is 1. The van der Waals surface area contributed by atoms with Gasteiger partial charge >= 0.3 is 6.03 Å². The van der Waals surface area contributed by atoms with Crippen LogP contribution in [0.3, 0.4) is 0 Å². The number of carbonyl (C=O) groups excluding carboxylic acids is 2. The Balaban J connectivity index is 1.45. The van der Waals surface area contributed by atoms with Gasteiger partial charge in [-0.05, 0) is 36.4 Å². The van der Waals surface area contributed by atoms with Crippen molar-refractivity contribution < 1.29 is 9.59 Å². The molecule has 0 unspecified atom stereocenters. The van der Waals surface area contributed by atoms with Crippen LogP contribution in [0.4, 0.5) is 21.2 Å². The van der Waals surface area contributed by atoms with Crippen molar-refractivity contribution in [3.63, 3.8) is 0 Å². The molecule has 3 amide bonds. The largest absolute Gasteiger partial charge is 0.373 e. The van der Waals surface area contributed by atoms with E-state index in [1.807, 2.05) is 55.6 Å². The quantitative estimate of drug-likeness (QED) is 0.561. The van der Waals surface area contributed by atoms with E-state index in [0.29, 0.717) is 28.7 Å². The molecule has 144 valence electrons. The number of nitrogens with zero attached hydrogens (tertiary/aromatic N) is 1. The molecule has 0 saturated heterocycles. The molecule has 3 N–H and O–H groups in total. The van der Waals surface area contributed by atoms with Crippen LogP contribution in [0, 0.1) is 0 Å². The van der Waals surface area contributed by atoms with Gasteiger partial charge in [0.1, 0.15) is 0 Å². The minimum absolute atomic E-state index is 0.150. The molecule has 1 aromatic heterocycles. The van der Waals surface area contributed by atoms with Crippen molar-refractivity contribution >= 4 is 39.7 Å². The maximum atomic E-state index is 12.3. The third kappa shape index (κ3) is 5.59. The summed E-state index contributed by atoms with van der Waals surface area (Å²) in [6, 6.07) is 22.3. The van der Waals surface area contributed by atoms with Gasteiger partial charge in [-0.25, -0.2) is 4.79 Å². The van der Waals surface area contributed by atoms with Crippen molar-refractivity contribution in [1.29, 1.82) is 0 Å². The number of hydrogen-bond acceptors (Lipinski definition) is 4. The van der Waals surface area contributed by atoms with Gasteiger partial charge in [-0.1, -0.05) is 36.4 Å². The fourth-order valence-electron chi connectivity index (χ4n) is 2.56. The normalized spacial score (nSPS) is 10.2. The Bertz CT molecular complexity index is 912. The molecule has 1 heterocycles. The Labute approximate surface area is 168 Å². The fraction of sp³-hybridized carbons (Fsp3) is 0.143. The molecule has 0 aliphatic rings. The maximum absolute atomic E-state index is 12.3. The van der Waals surface area contributed by atoms with Gasteiger partial charge in [-0.2, -0.15) is 0 Å². The number of carbonyl (C=O) groups is 2. The molecule has 0 fully saturated rings. The Morgan fingerprint density at radius 2 is 1.57 bits per heavy atom. The van der Waals surface area contributed by atoms with E-state index in [0.717, 1.165) is 5.69 Å². The fourth-order valence-corrected chi connectivity index (χ4v) is 3.38. The van der Waals surface area contributed by atoms with Gasteiger partial charge in [0.2, 0.25) is 0 Å². The summed E-state index contributed by atoms with van der Waals surface area (Å²) in [5.74, 6) is -0.150. The van der Waals surface area contributed by atoms with Crippen LogP contribution in [0.5, 0.6) is 0 Å². The van der Waals surface area contributed by atoms with E-state index < -0.39 is 0 Å².